The maximum absolute atomic E-state index is 11.9. The van der Waals surface area contributed by atoms with Gasteiger partial charge in [0.05, 0.1) is 29.8 Å². The van der Waals surface area contributed by atoms with Crippen LogP contribution in [0.25, 0.3) is 0 Å². The number of hydrogen-bond acceptors (Lipinski definition) is 4. The SMILES string of the molecule is Cc1cnc(CNC(=O)Nc2cc(C)nn2C(C)C)cn1. The Morgan fingerprint density at radius 1 is 1.24 bits per heavy atom. The lowest BCUT2D eigenvalue weighted by atomic mass is 10.4. The molecule has 0 saturated heterocycles. The van der Waals surface area contributed by atoms with E-state index in [1.54, 1.807) is 17.1 Å². The molecule has 7 nitrogen and oxygen atoms in total. The monoisotopic (exact) mass is 288 g/mol. The molecule has 2 heterocycles. The van der Waals surface area contributed by atoms with Gasteiger partial charge in [-0.05, 0) is 27.7 Å². The van der Waals surface area contributed by atoms with Crippen LogP contribution in [-0.2, 0) is 6.54 Å². The van der Waals surface area contributed by atoms with Crippen molar-refractivity contribution in [2.24, 2.45) is 0 Å². The Hall–Kier alpha value is -2.44. The molecule has 0 fully saturated rings. The fourth-order valence-electron chi connectivity index (χ4n) is 1.85. The molecular weight excluding hydrogens is 268 g/mol. The highest BCUT2D eigenvalue weighted by molar-refractivity contribution is 5.88. The summed E-state index contributed by atoms with van der Waals surface area (Å²) >= 11 is 0. The van der Waals surface area contributed by atoms with Gasteiger partial charge in [0.25, 0.3) is 0 Å². The van der Waals surface area contributed by atoms with Gasteiger partial charge in [-0.1, -0.05) is 0 Å². The van der Waals surface area contributed by atoms with Crippen molar-refractivity contribution < 1.29 is 4.79 Å². The molecule has 7 heteroatoms. The summed E-state index contributed by atoms with van der Waals surface area (Å²) in [5.74, 6) is 0.676. The molecule has 2 amide bonds. The van der Waals surface area contributed by atoms with Gasteiger partial charge in [0.1, 0.15) is 5.82 Å². The highest BCUT2D eigenvalue weighted by Gasteiger charge is 2.11. The van der Waals surface area contributed by atoms with Crippen LogP contribution in [0.4, 0.5) is 10.6 Å². The summed E-state index contributed by atoms with van der Waals surface area (Å²) in [5.41, 5.74) is 2.42. The number of amides is 2. The highest BCUT2D eigenvalue weighted by Crippen LogP contribution is 2.15. The van der Waals surface area contributed by atoms with Crippen LogP contribution in [-0.4, -0.2) is 25.8 Å². The van der Waals surface area contributed by atoms with E-state index in [0.717, 1.165) is 11.4 Å². The highest BCUT2D eigenvalue weighted by atomic mass is 16.2. The van der Waals surface area contributed by atoms with Gasteiger partial charge in [-0.25, -0.2) is 9.48 Å². The number of anilines is 1. The average molecular weight is 288 g/mol. The molecule has 0 atom stereocenters. The first kappa shape index (κ1) is 15.0. The van der Waals surface area contributed by atoms with Crippen LogP contribution in [0.2, 0.25) is 0 Å². The third-order valence-electron chi connectivity index (χ3n) is 2.85. The summed E-state index contributed by atoms with van der Waals surface area (Å²) in [7, 11) is 0. The fraction of sp³-hybridized carbons (Fsp3) is 0.429. The smallest absolute Gasteiger partial charge is 0.320 e. The topological polar surface area (TPSA) is 84.7 Å². The number of hydrogen-bond donors (Lipinski definition) is 2. The minimum absolute atomic E-state index is 0.178. The van der Waals surface area contributed by atoms with Gasteiger partial charge >= 0.3 is 6.03 Å². The number of carbonyl (C=O) groups excluding carboxylic acids is 1. The molecule has 2 aromatic heterocycles. The van der Waals surface area contributed by atoms with Crippen LogP contribution < -0.4 is 10.6 Å². The first-order valence-corrected chi connectivity index (χ1v) is 6.84. The van der Waals surface area contributed by atoms with Crippen LogP contribution >= 0.6 is 0 Å². The zero-order chi connectivity index (χ0) is 15.4. The van der Waals surface area contributed by atoms with E-state index >= 15 is 0 Å². The molecule has 0 aliphatic rings. The molecule has 112 valence electrons. The van der Waals surface area contributed by atoms with Crippen LogP contribution in [0, 0.1) is 13.8 Å². The van der Waals surface area contributed by atoms with Crippen molar-refractivity contribution >= 4 is 11.8 Å². The van der Waals surface area contributed by atoms with E-state index in [-0.39, 0.29) is 12.1 Å². The van der Waals surface area contributed by atoms with Gasteiger partial charge in [-0.15, -0.1) is 0 Å². The lowest BCUT2D eigenvalue weighted by molar-refractivity contribution is 0.251. The molecule has 2 N–H and O–H groups in total. The second kappa shape index (κ2) is 6.34. The quantitative estimate of drug-likeness (QED) is 0.903. The van der Waals surface area contributed by atoms with Crippen LogP contribution in [0.3, 0.4) is 0 Å². The second-order valence-corrected chi connectivity index (χ2v) is 5.17. The molecule has 0 radical (unpaired) electrons. The van der Waals surface area contributed by atoms with E-state index in [1.165, 1.54) is 0 Å². The number of rotatable bonds is 4. The summed E-state index contributed by atoms with van der Waals surface area (Å²) in [6, 6.07) is 1.72. The fourth-order valence-corrected chi connectivity index (χ4v) is 1.85. The first-order valence-electron chi connectivity index (χ1n) is 6.84. The van der Waals surface area contributed by atoms with E-state index < -0.39 is 0 Å². The molecule has 0 unspecified atom stereocenters. The number of aryl methyl sites for hydroxylation is 2. The van der Waals surface area contributed by atoms with Gasteiger partial charge in [-0.2, -0.15) is 5.10 Å². The zero-order valence-electron chi connectivity index (χ0n) is 12.7. The number of aromatic nitrogens is 4. The Labute approximate surface area is 123 Å². The zero-order valence-corrected chi connectivity index (χ0v) is 12.7. The van der Waals surface area contributed by atoms with E-state index in [1.807, 2.05) is 33.8 Å². The van der Waals surface area contributed by atoms with Gasteiger partial charge in [0.15, 0.2) is 0 Å². The molecule has 0 aliphatic carbocycles. The summed E-state index contributed by atoms with van der Waals surface area (Å²) in [4.78, 5) is 20.2. The maximum Gasteiger partial charge on any atom is 0.320 e. The molecule has 2 aromatic rings. The summed E-state index contributed by atoms with van der Waals surface area (Å²) in [5, 5.41) is 9.89. The lowest BCUT2D eigenvalue weighted by Gasteiger charge is -2.12. The predicted molar refractivity (Wildman–Crippen MR) is 80.0 cm³/mol. The summed E-state index contributed by atoms with van der Waals surface area (Å²) in [6.45, 7) is 8.11. The van der Waals surface area contributed by atoms with Crippen molar-refractivity contribution in [1.82, 2.24) is 25.1 Å². The average Bonchev–Trinajstić information content (AvgIpc) is 2.79. The Morgan fingerprint density at radius 3 is 2.62 bits per heavy atom. The minimum Gasteiger partial charge on any atom is -0.332 e. The summed E-state index contributed by atoms with van der Waals surface area (Å²) < 4.78 is 1.78. The van der Waals surface area contributed by atoms with E-state index in [0.29, 0.717) is 18.1 Å². The van der Waals surface area contributed by atoms with E-state index in [9.17, 15) is 4.79 Å². The van der Waals surface area contributed by atoms with E-state index in [2.05, 4.69) is 25.7 Å². The molecule has 0 bridgehead atoms. The number of nitrogens with one attached hydrogen (secondary N) is 2. The van der Waals surface area contributed by atoms with Crippen LogP contribution in [0.1, 0.15) is 37.0 Å². The van der Waals surface area contributed by atoms with Crippen molar-refractivity contribution in [3.8, 4) is 0 Å². The Morgan fingerprint density at radius 2 is 2.00 bits per heavy atom. The summed E-state index contributed by atoms with van der Waals surface area (Å²) in [6.07, 6.45) is 3.32. The standard InChI is InChI=1S/C14H20N6O/c1-9(2)20-13(5-10(3)19-20)18-14(21)17-8-12-7-15-11(4)6-16-12/h5-7,9H,8H2,1-4H3,(H2,17,18,21). The van der Waals surface area contributed by atoms with Crippen molar-refractivity contribution in [2.45, 2.75) is 40.3 Å². The van der Waals surface area contributed by atoms with Gasteiger partial charge in [0, 0.05) is 18.3 Å². The van der Waals surface area contributed by atoms with Gasteiger partial charge in [0.2, 0.25) is 0 Å². The van der Waals surface area contributed by atoms with Gasteiger partial charge < -0.3 is 5.32 Å². The third-order valence-corrected chi connectivity index (χ3v) is 2.85. The number of carbonyl (C=O) groups is 1. The van der Waals surface area contributed by atoms with Crippen LogP contribution in [0.5, 0.6) is 0 Å². The Balaban J connectivity index is 1.94. The van der Waals surface area contributed by atoms with Crippen molar-refractivity contribution in [3.05, 3.63) is 35.5 Å². The van der Waals surface area contributed by atoms with Crippen molar-refractivity contribution in [1.29, 1.82) is 0 Å². The second-order valence-electron chi connectivity index (χ2n) is 5.17. The largest absolute Gasteiger partial charge is 0.332 e. The molecule has 0 aliphatic heterocycles. The molecule has 0 saturated carbocycles. The normalized spacial score (nSPS) is 10.7. The van der Waals surface area contributed by atoms with Crippen molar-refractivity contribution in [3.63, 3.8) is 0 Å². The minimum atomic E-state index is -0.292. The Bertz CT molecular complexity index is 617. The molecule has 0 aromatic carbocycles. The molecule has 0 spiro atoms. The van der Waals surface area contributed by atoms with Crippen molar-refractivity contribution in [2.75, 3.05) is 5.32 Å². The van der Waals surface area contributed by atoms with E-state index in [4.69, 9.17) is 0 Å². The molecule has 21 heavy (non-hydrogen) atoms. The first-order chi connectivity index (χ1) is 9.95. The van der Waals surface area contributed by atoms with Gasteiger partial charge in [-0.3, -0.25) is 15.3 Å². The lowest BCUT2D eigenvalue weighted by Crippen LogP contribution is -2.29. The van der Waals surface area contributed by atoms with Crippen LogP contribution in [0.15, 0.2) is 18.5 Å². The number of nitrogens with zero attached hydrogens (tertiary/aromatic N) is 4. The Kier molecular flexibility index (Phi) is 4.52. The third kappa shape index (κ3) is 4.01. The molecular formula is C14H20N6O. The number of urea groups is 1. The predicted octanol–water partition coefficient (Wildman–Crippen LogP) is 2.19. The molecule has 2 rings (SSSR count). The maximum atomic E-state index is 11.9.